The van der Waals surface area contributed by atoms with E-state index in [9.17, 15) is 28.8 Å². The first-order chi connectivity index (χ1) is 26.0. The number of carbonyl (C=O) groups excluding carboxylic acids is 6. The van der Waals surface area contributed by atoms with E-state index in [0.717, 1.165) is 5.56 Å². The lowest BCUT2D eigenvalue weighted by molar-refractivity contribution is -0.152. The van der Waals surface area contributed by atoms with E-state index >= 15 is 0 Å². The Morgan fingerprint density at radius 1 is 0.536 bits per heavy atom. The highest BCUT2D eigenvalue weighted by molar-refractivity contribution is 5.97. The molecule has 0 aromatic heterocycles. The molecule has 0 aliphatic carbocycles. The van der Waals surface area contributed by atoms with Crippen LogP contribution in [0.4, 0.5) is 0 Å². The average Bonchev–Trinajstić information content (AvgIpc) is 3.09. The first-order valence-corrected chi connectivity index (χ1v) is 20.4. The van der Waals surface area contributed by atoms with Crippen LogP contribution in [0.25, 0.3) is 0 Å². The van der Waals surface area contributed by atoms with E-state index in [0.29, 0.717) is 13.0 Å². The van der Waals surface area contributed by atoms with Gasteiger partial charge in [0.15, 0.2) is 0 Å². The van der Waals surface area contributed by atoms with Crippen LogP contribution in [0.2, 0.25) is 0 Å². The van der Waals surface area contributed by atoms with E-state index in [1.807, 2.05) is 113 Å². The van der Waals surface area contributed by atoms with Crippen LogP contribution in [0.15, 0.2) is 30.3 Å². The van der Waals surface area contributed by atoms with Crippen LogP contribution in [0.3, 0.4) is 0 Å². The lowest BCUT2D eigenvalue weighted by atomic mass is 9.94. The minimum Gasteiger partial charge on any atom is -0.354 e. The molecule has 13 heteroatoms. The molecule has 0 saturated carbocycles. The van der Waals surface area contributed by atoms with Crippen molar-refractivity contribution in [3.63, 3.8) is 0 Å². The van der Waals surface area contributed by atoms with Gasteiger partial charge in [0.1, 0.15) is 30.2 Å². The summed E-state index contributed by atoms with van der Waals surface area (Å²) in [6.07, 6.45) is 0.936. The lowest BCUT2D eigenvalue weighted by Gasteiger charge is -2.39. The van der Waals surface area contributed by atoms with Gasteiger partial charge >= 0.3 is 0 Å². The van der Waals surface area contributed by atoms with Gasteiger partial charge in [-0.3, -0.25) is 28.8 Å². The summed E-state index contributed by atoms with van der Waals surface area (Å²) < 4.78 is 0. The molecule has 318 valence electrons. The van der Waals surface area contributed by atoms with Crippen molar-refractivity contribution in [2.24, 2.45) is 35.5 Å². The topological polar surface area (TPSA) is 160 Å². The van der Waals surface area contributed by atoms with Gasteiger partial charge in [-0.15, -0.1) is 0 Å². The van der Waals surface area contributed by atoms with Gasteiger partial charge in [0, 0.05) is 27.7 Å². The van der Waals surface area contributed by atoms with Crippen molar-refractivity contribution in [3.05, 3.63) is 35.9 Å². The summed E-state index contributed by atoms with van der Waals surface area (Å²) in [5.74, 6) is -3.48. The number of nitrogens with one attached hydrogen (secondary N) is 4. The van der Waals surface area contributed by atoms with Crippen LogP contribution < -0.4 is 21.3 Å². The number of hydrogen-bond donors (Lipinski definition) is 4. The Morgan fingerprint density at radius 2 is 1.00 bits per heavy atom. The minimum atomic E-state index is -0.998. The molecule has 1 aromatic carbocycles. The quantitative estimate of drug-likeness (QED) is 0.140. The van der Waals surface area contributed by atoms with E-state index in [2.05, 4.69) is 21.3 Å². The Hall–Kier alpha value is -4.00. The number of benzene rings is 1. The molecule has 0 aliphatic heterocycles. The first kappa shape index (κ1) is 50.0. The number of likely N-dealkylation sites (N-methyl/N-ethyl adjacent to an activating group) is 4. The standard InChI is InChI=1S/C43H75N7O6/c1-25(2)24-32(46-40(53)36(29(9)10)48(14)42(55)34(27(5)6)47-38(51)33(44-13)26(3)4)41(54)50(16)37(30(11)12)43(56)49(15)35(28(7)8)39(52)45-23-22-31-20-18-17-19-21-31/h17-21,25-30,32-37,44H,22-24H2,1-16H3,(H,45,52)(H,46,53)(H,47,51)/t32-,33-,34-,35-,36-,37-/m1/s1. The van der Waals surface area contributed by atoms with Crippen molar-refractivity contribution in [1.82, 2.24) is 36.0 Å². The zero-order valence-corrected chi connectivity index (χ0v) is 37.2. The molecule has 13 nitrogen and oxygen atoms in total. The summed E-state index contributed by atoms with van der Waals surface area (Å²) in [6, 6.07) is 4.78. The van der Waals surface area contributed by atoms with E-state index in [4.69, 9.17) is 0 Å². The highest BCUT2D eigenvalue weighted by atomic mass is 16.2. The molecule has 0 bridgehead atoms. The lowest BCUT2D eigenvalue weighted by Crippen LogP contribution is -2.62. The Labute approximate surface area is 337 Å². The van der Waals surface area contributed by atoms with Crippen molar-refractivity contribution in [3.8, 4) is 0 Å². The number of hydrogen-bond acceptors (Lipinski definition) is 7. The summed E-state index contributed by atoms with van der Waals surface area (Å²) in [4.78, 5) is 87.7. The molecule has 0 spiro atoms. The van der Waals surface area contributed by atoms with Gasteiger partial charge in [-0.2, -0.15) is 0 Å². The molecule has 56 heavy (non-hydrogen) atoms. The van der Waals surface area contributed by atoms with E-state index in [1.165, 1.54) is 14.7 Å². The molecule has 0 aliphatic rings. The van der Waals surface area contributed by atoms with Crippen molar-refractivity contribution in [2.45, 2.75) is 132 Å². The van der Waals surface area contributed by atoms with Gasteiger partial charge in [0.05, 0.1) is 6.04 Å². The Kier molecular flexibility index (Phi) is 20.8. The maximum atomic E-state index is 14.4. The van der Waals surface area contributed by atoms with Gasteiger partial charge in [0.25, 0.3) is 0 Å². The van der Waals surface area contributed by atoms with Crippen molar-refractivity contribution >= 4 is 35.4 Å². The number of carbonyl (C=O) groups is 6. The number of rotatable bonds is 22. The van der Waals surface area contributed by atoms with Crippen molar-refractivity contribution in [1.29, 1.82) is 0 Å². The maximum Gasteiger partial charge on any atom is 0.246 e. The van der Waals surface area contributed by atoms with Crippen molar-refractivity contribution in [2.75, 3.05) is 34.7 Å². The van der Waals surface area contributed by atoms with Gasteiger partial charge < -0.3 is 36.0 Å². The summed E-state index contributed by atoms with van der Waals surface area (Å²) >= 11 is 0. The minimum absolute atomic E-state index is 0.00287. The molecule has 0 fully saturated rings. The molecule has 0 unspecified atom stereocenters. The predicted molar refractivity (Wildman–Crippen MR) is 223 cm³/mol. The van der Waals surface area contributed by atoms with Crippen LogP contribution in [-0.2, 0) is 35.2 Å². The van der Waals surface area contributed by atoms with Gasteiger partial charge in [-0.25, -0.2) is 0 Å². The second kappa shape index (κ2) is 23.3. The largest absolute Gasteiger partial charge is 0.354 e. The zero-order chi connectivity index (χ0) is 43.2. The molecular weight excluding hydrogens is 711 g/mol. The van der Waals surface area contributed by atoms with Crippen LogP contribution in [0.1, 0.15) is 95.1 Å². The summed E-state index contributed by atoms with van der Waals surface area (Å²) in [7, 11) is 6.40. The second-order valence-electron chi connectivity index (χ2n) is 17.4. The van der Waals surface area contributed by atoms with Gasteiger partial charge in [-0.1, -0.05) is 113 Å². The van der Waals surface area contributed by atoms with E-state index in [1.54, 1.807) is 28.2 Å². The van der Waals surface area contributed by atoms with Crippen molar-refractivity contribution < 1.29 is 28.8 Å². The van der Waals surface area contributed by atoms with Gasteiger partial charge in [0.2, 0.25) is 35.4 Å². The SMILES string of the molecule is CN[C@@H](C(=O)N[C@@H](C(=O)N(C)[C@@H](C(=O)N[C@H](CC(C)C)C(=O)N(C)[C@@H](C(=O)N(C)[C@@H](C(=O)NCCc1ccccc1)C(C)C)C(C)C)C(C)C)C(C)C)C(C)C. The molecule has 0 radical (unpaired) electrons. The molecule has 0 saturated heterocycles. The third kappa shape index (κ3) is 14.2. The summed E-state index contributed by atoms with van der Waals surface area (Å²) in [6.45, 7) is 22.9. The van der Waals surface area contributed by atoms with Crippen LogP contribution in [0.5, 0.6) is 0 Å². The fourth-order valence-corrected chi connectivity index (χ4v) is 7.39. The highest BCUT2D eigenvalue weighted by Gasteiger charge is 2.41. The highest BCUT2D eigenvalue weighted by Crippen LogP contribution is 2.21. The third-order valence-electron chi connectivity index (χ3n) is 10.3. The third-order valence-corrected chi connectivity index (χ3v) is 10.3. The Morgan fingerprint density at radius 3 is 1.45 bits per heavy atom. The zero-order valence-electron chi connectivity index (χ0n) is 37.2. The first-order valence-electron chi connectivity index (χ1n) is 20.4. The number of amides is 6. The van der Waals surface area contributed by atoms with Gasteiger partial charge in [-0.05, 0) is 61.0 Å². The molecule has 6 amide bonds. The molecule has 1 rings (SSSR count). The smallest absolute Gasteiger partial charge is 0.246 e. The maximum absolute atomic E-state index is 14.4. The molecule has 6 atom stereocenters. The van der Waals surface area contributed by atoms with Crippen LogP contribution >= 0.6 is 0 Å². The predicted octanol–water partition coefficient (Wildman–Crippen LogP) is 3.71. The van der Waals surface area contributed by atoms with Crippen LogP contribution in [-0.4, -0.2) is 121 Å². The van der Waals surface area contributed by atoms with E-state index < -0.39 is 54.0 Å². The van der Waals surface area contributed by atoms with Crippen LogP contribution in [0, 0.1) is 35.5 Å². The second-order valence-corrected chi connectivity index (χ2v) is 17.4. The average molecular weight is 786 g/mol. The fourth-order valence-electron chi connectivity index (χ4n) is 7.39. The fraction of sp³-hybridized carbons (Fsp3) is 0.721. The number of nitrogens with zero attached hydrogens (tertiary/aromatic N) is 3. The Bertz CT molecular complexity index is 1430. The monoisotopic (exact) mass is 786 g/mol. The summed E-state index contributed by atoms with van der Waals surface area (Å²) in [5, 5.41) is 11.8. The van der Waals surface area contributed by atoms with E-state index in [-0.39, 0.29) is 59.6 Å². The molecule has 1 aromatic rings. The summed E-state index contributed by atoms with van der Waals surface area (Å²) in [5.41, 5.74) is 1.09. The Balaban J connectivity index is 3.34. The molecule has 4 N–H and O–H groups in total. The molecular formula is C43H75N7O6. The normalized spacial score (nSPS) is 15.0. The molecule has 0 heterocycles.